The lowest BCUT2D eigenvalue weighted by molar-refractivity contribution is -0.100. The molecule has 0 N–H and O–H groups in total. The zero-order valence-corrected chi connectivity index (χ0v) is 10.5. The van der Waals surface area contributed by atoms with Crippen LogP contribution in [-0.4, -0.2) is 31.0 Å². The summed E-state index contributed by atoms with van der Waals surface area (Å²) in [5, 5.41) is 0. The average molecular weight is 235 g/mol. The van der Waals surface area contributed by atoms with Crippen LogP contribution in [0.15, 0.2) is 30.3 Å². The normalized spacial score (nSPS) is 21.4. The van der Waals surface area contributed by atoms with Gasteiger partial charge in [0.15, 0.2) is 0 Å². The van der Waals surface area contributed by atoms with Crippen LogP contribution in [0.4, 0.5) is 0 Å². The Hall–Kier alpha value is -1.06. The van der Waals surface area contributed by atoms with Gasteiger partial charge in [0.05, 0.1) is 0 Å². The summed E-state index contributed by atoms with van der Waals surface area (Å²) < 4.78 is 11.5. The van der Waals surface area contributed by atoms with E-state index in [9.17, 15) is 0 Å². The molecule has 0 radical (unpaired) electrons. The fourth-order valence-electron chi connectivity index (χ4n) is 2.16. The minimum Gasteiger partial charge on any atom is -0.478 e. The molecule has 0 amide bonds. The predicted octanol–water partition coefficient (Wildman–Crippen LogP) is 2.87. The summed E-state index contributed by atoms with van der Waals surface area (Å²) in [5.74, 6) is 0.924. The zero-order chi connectivity index (χ0) is 11.9. The molecule has 0 aliphatic carbocycles. The second-order valence-corrected chi connectivity index (χ2v) is 4.30. The quantitative estimate of drug-likeness (QED) is 0.783. The Kier molecular flexibility index (Phi) is 4.83. The molecule has 0 aromatic heterocycles. The highest BCUT2D eigenvalue weighted by Gasteiger charge is 2.22. The summed E-state index contributed by atoms with van der Waals surface area (Å²) in [6, 6.07) is 9.95. The first-order chi connectivity index (χ1) is 8.40. The summed E-state index contributed by atoms with van der Waals surface area (Å²) >= 11 is 0. The van der Waals surface area contributed by atoms with Crippen molar-refractivity contribution in [2.45, 2.75) is 32.4 Å². The molecule has 0 bridgehead atoms. The molecule has 1 aromatic rings. The van der Waals surface area contributed by atoms with Crippen molar-refractivity contribution in [3.8, 4) is 5.75 Å². The molecule has 3 nitrogen and oxygen atoms in total. The number of rotatable bonds is 5. The number of nitrogens with zero attached hydrogens (tertiary/aromatic N) is 1. The minimum atomic E-state index is 0.234. The van der Waals surface area contributed by atoms with Crippen LogP contribution in [0, 0.1) is 0 Å². The van der Waals surface area contributed by atoms with Gasteiger partial charge in [-0.25, -0.2) is 4.90 Å². The maximum absolute atomic E-state index is 5.77. The van der Waals surface area contributed by atoms with Crippen LogP contribution in [0.25, 0.3) is 0 Å². The van der Waals surface area contributed by atoms with Crippen molar-refractivity contribution in [2.24, 2.45) is 0 Å². The van der Waals surface area contributed by atoms with E-state index in [1.165, 1.54) is 12.8 Å². The summed E-state index contributed by atoms with van der Waals surface area (Å²) in [5.41, 5.74) is 0. The van der Waals surface area contributed by atoms with Crippen molar-refractivity contribution in [1.29, 1.82) is 0 Å². The highest BCUT2D eigenvalue weighted by molar-refractivity contribution is 5.20. The Labute approximate surface area is 103 Å². The monoisotopic (exact) mass is 235 g/mol. The molecular weight excluding hydrogens is 214 g/mol. The van der Waals surface area contributed by atoms with Crippen molar-refractivity contribution in [1.82, 2.24) is 4.90 Å². The molecule has 0 spiro atoms. The second-order valence-electron chi connectivity index (χ2n) is 4.30. The summed E-state index contributed by atoms with van der Waals surface area (Å²) in [7, 11) is 0. The van der Waals surface area contributed by atoms with Gasteiger partial charge in [-0.3, -0.25) is 0 Å². The van der Waals surface area contributed by atoms with E-state index in [1.807, 2.05) is 37.3 Å². The van der Waals surface area contributed by atoms with Crippen LogP contribution < -0.4 is 4.74 Å². The Bertz CT molecular complexity index is 313. The third-order valence-corrected chi connectivity index (χ3v) is 3.05. The molecule has 1 aliphatic heterocycles. The molecule has 1 saturated heterocycles. The van der Waals surface area contributed by atoms with Crippen molar-refractivity contribution >= 4 is 0 Å². The van der Waals surface area contributed by atoms with Gasteiger partial charge in [0.25, 0.3) is 0 Å². The zero-order valence-electron chi connectivity index (χ0n) is 10.5. The molecule has 1 atom stereocenters. The largest absolute Gasteiger partial charge is 0.478 e. The highest BCUT2D eigenvalue weighted by Crippen LogP contribution is 2.18. The van der Waals surface area contributed by atoms with Crippen LogP contribution in [0.2, 0.25) is 0 Å². The van der Waals surface area contributed by atoms with E-state index in [0.717, 1.165) is 25.3 Å². The third-order valence-electron chi connectivity index (χ3n) is 3.05. The Balaban J connectivity index is 1.84. The first kappa shape index (κ1) is 12.4. The number of para-hydroxylation sites is 1. The molecule has 1 unspecified atom stereocenters. The maximum atomic E-state index is 5.77. The fourth-order valence-corrected chi connectivity index (χ4v) is 2.16. The molecule has 17 heavy (non-hydrogen) atoms. The van der Waals surface area contributed by atoms with Gasteiger partial charge >= 0.3 is 0 Å². The van der Waals surface area contributed by atoms with Crippen LogP contribution in [0.5, 0.6) is 5.75 Å². The standard InChI is InChI=1S/C14H21NO2/c1-2-16-14-10-6-7-11-15(14)12-17-13-8-4-3-5-9-13/h3-5,8-9,14H,2,6-7,10-12H2,1H3. The second kappa shape index (κ2) is 6.62. The summed E-state index contributed by atoms with van der Waals surface area (Å²) in [4.78, 5) is 2.28. The number of hydrogen-bond acceptors (Lipinski definition) is 3. The molecule has 2 rings (SSSR count). The van der Waals surface area contributed by atoms with Crippen molar-refractivity contribution in [3.63, 3.8) is 0 Å². The predicted molar refractivity (Wildman–Crippen MR) is 67.9 cm³/mol. The van der Waals surface area contributed by atoms with Crippen LogP contribution in [0.3, 0.4) is 0 Å². The number of benzene rings is 1. The van der Waals surface area contributed by atoms with Crippen LogP contribution in [-0.2, 0) is 4.74 Å². The summed E-state index contributed by atoms with van der Waals surface area (Å²) in [6.45, 7) is 4.50. The Morgan fingerprint density at radius 1 is 1.24 bits per heavy atom. The SMILES string of the molecule is CCOC1CCCCN1COc1ccccc1. The molecule has 1 aliphatic rings. The van der Waals surface area contributed by atoms with Crippen molar-refractivity contribution < 1.29 is 9.47 Å². The minimum absolute atomic E-state index is 0.234. The molecular formula is C14H21NO2. The third kappa shape index (κ3) is 3.72. The van der Waals surface area contributed by atoms with E-state index in [4.69, 9.17) is 9.47 Å². The topological polar surface area (TPSA) is 21.7 Å². The molecule has 1 fully saturated rings. The number of ether oxygens (including phenoxy) is 2. The average Bonchev–Trinajstić information content (AvgIpc) is 2.39. The van der Waals surface area contributed by atoms with Gasteiger partial charge in [-0.1, -0.05) is 18.2 Å². The summed E-state index contributed by atoms with van der Waals surface area (Å²) in [6.07, 6.45) is 3.85. The smallest absolute Gasteiger partial charge is 0.144 e. The van der Waals surface area contributed by atoms with Gasteiger partial charge in [-0.05, 0) is 38.3 Å². The lowest BCUT2D eigenvalue weighted by Gasteiger charge is -2.34. The molecule has 1 heterocycles. The van der Waals surface area contributed by atoms with Gasteiger partial charge in [0.2, 0.25) is 0 Å². The highest BCUT2D eigenvalue weighted by atomic mass is 16.5. The number of piperidine rings is 1. The van der Waals surface area contributed by atoms with E-state index in [1.54, 1.807) is 0 Å². The maximum Gasteiger partial charge on any atom is 0.144 e. The van der Waals surface area contributed by atoms with Gasteiger partial charge in [0.1, 0.15) is 18.7 Å². The Morgan fingerprint density at radius 3 is 2.82 bits per heavy atom. The van der Waals surface area contributed by atoms with E-state index < -0.39 is 0 Å². The molecule has 94 valence electrons. The lowest BCUT2D eigenvalue weighted by Crippen LogP contribution is -2.43. The van der Waals surface area contributed by atoms with E-state index in [2.05, 4.69) is 4.90 Å². The van der Waals surface area contributed by atoms with E-state index in [-0.39, 0.29) is 6.23 Å². The van der Waals surface area contributed by atoms with Gasteiger partial charge < -0.3 is 9.47 Å². The van der Waals surface area contributed by atoms with Crippen molar-refractivity contribution in [2.75, 3.05) is 19.9 Å². The van der Waals surface area contributed by atoms with E-state index in [0.29, 0.717) is 6.73 Å². The first-order valence-corrected chi connectivity index (χ1v) is 6.43. The molecule has 3 heteroatoms. The fraction of sp³-hybridized carbons (Fsp3) is 0.571. The van der Waals surface area contributed by atoms with Gasteiger partial charge in [-0.2, -0.15) is 0 Å². The molecule has 0 saturated carbocycles. The van der Waals surface area contributed by atoms with Gasteiger partial charge in [-0.15, -0.1) is 0 Å². The number of hydrogen-bond donors (Lipinski definition) is 0. The number of likely N-dealkylation sites (tertiary alicyclic amines) is 1. The van der Waals surface area contributed by atoms with Gasteiger partial charge in [0, 0.05) is 13.2 Å². The Morgan fingerprint density at radius 2 is 2.06 bits per heavy atom. The van der Waals surface area contributed by atoms with E-state index >= 15 is 0 Å². The van der Waals surface area contributed by atoms with Crippen LogP contribution >= 0.6 is 0 Å². The first-order valence-electron chi connectivity index (χ1n) is 6.43. The van der Waals surface area contributed by atoms with Crippen LogP contribution in [0.1, 0.15) is 26.2 Å². The molecule has 1 aromatic carbocycles. The van der Waals surface area contributed by atoms with Crippen molar-refractivity contribution in [3.05, 3.63) is 30.3 Å². The lowest BCUT2D eigenvalue weighted by atomic mass is 10.1.